The molecule has 0 spiro atoms. The van der Waals surface area contributed by atoms with E-state index >= 15 is 0 Å². The number of benzene rings is 3. The van der Waals surface area contributed by atoms with E-state index in [9.17, 15) is 24.0 Å². The maximum Gasteiger partial charge on any atom is 0.337 e. The van der Waals surface area contributed by atoms with Crippen molar-refractivity contribution >= 4 is 63.1 Å². The average Bonchev–Trinajstić information content (AvgIpc) is 2.94. The summed E-state index contributed by atoms with van der Waals surface area (Å²) in [5.74, 6) is -2.27. The minimum Gasteiger partial charge on any atom is -0.493 e. The molecule has 204 valence electrons. The number of para-hydroxylation sites is 1. The lowest BCUT2D eigenvalue weighted by molar-refractivity contribution is -0.122. The van der Waals surface area contributed by atoms with Gasteiger partial charge in [-0.1, -0.05) is 18.2 Å². The standard InChI is InChI=1S/C28H22BrN3O8/c1-38-22-14-16(13-21(29)24(22)40-15-23(33)30-18-6-4-3-5-7-18)12-20-25(34)31-28(37)32(26(20)35)19-10-8-17(9-11-19)27(36)39-2/h3-14H,15H2,1-2H3,(H,30,33)(H,31,34,37)/b20-12+. The van der Waals surface area contributed by atoms with Crippen molar-refractivity contribution in [1.82, 2.24) is 5.32 Å². The summed E-state index contributed by atoms with van der Waals surface area (Å²) >= 11 is 3.38. The number of carbonyl (C=O) groups is 5. The second kappa shape index (κ2) is 12.3. The van der Waals surface area contributed by atoms with Crippen molar-refractivity contribution in [1.29, 1.82) is 0 Å². The number of imide groups is 2. The third kappa shape index (κ3) is 6.18. The van der Waals surface area contributed by atoms with Gasteiger partial charge in [0.1, 0.15) is 5.57 Å². The third-order valence-electron chi connectivity index (χ3n) is 5.62. The van der Waals surface area contributed by atoms with E-state index in [0.717, 1.165) is 4.90 Å². The first-order valence-corrected chi connectivity index (χ1v) is 12.5. The maximum atomic E-state index is 13.2. The monoisotopic (exact) mass is 607 g/mol. The topological polar surface area (TPSA) is 140 Å². The Balaban J connectivity index is 1.56. The number of esters is 1. The van der Waals surface area contributed by atoms with Gasteiger partial charge < -0.3 is 19.5 Å². The van der Waals surface area contributed by atoms with Gasteiger partial charge in [-0.3, -0.25) is 19.7 Å². The molecule has 1 aliphatic rings. The van der Waals surface area contributed by atoms with Crippen molar-refractivity contribution in [2.24, 2.45) is 0 Å². The van der Waals surface area contributed by atoms with Gasteiger partial charge in [0.15, 0.2) is 18.1 Å². The molecule has 0 bridgehead atoms. The van der Waals surface area contributed by atoms with Crippen LogP contribution in [0.3, 0.4) is 0 Å². The summed E-state index contributed by atoms with van der Waals surface area (Å²) in [6, 6.07) is 16.6. The van der Waals surface area contributed by atoms with Crippen LogP contribution in [0, 0.1) is 0 Å². The van der Waals surface area contributed by atoms with Crippen LogP contribution in [0.5, 0.6) is 11.5 Å². The number of nitrogens with one attached hydrogen (secondary N) is 2. The Bertz CT molecular complexity index is 1520. The lowest BCUT2D eigenvalue weighted by atomic mass is 10.1. The quantitative estimate of drug-likeness (QED) is 0.223. The molecule has 1 fully saturated rings. The predicted octanol–water partition coefficient (Wildman–Crippen LogP) is 3.93. The lowest BCUT2D eigenvalue weighted by Crippen LogP contribution is -2.54. The third-order valence-corrected chi connectivity index (χ3v) is 6.21. The number of hydrogen-bond acceptors (Lipinski definition) is 8. The van der Waals surface area contributed by atoms with Crippen LogP contribution < -0.4 is 25.0 Å². The van der Waals surface area contributed by atoms with Crippen molar-refractivity contribution in [3.8, 4) is 11.5 Å². The van der Waals surface area contributed by atoms with Gasteiger partial charge in [0.05, 0.1) is 29.9 Å². The van der Waals surface area contributed by atoms with Crippen LogP contribution in [0.25, 0.3) is 6.08 Å². The van der Waals surface area contributed by atoms with Gasteiger partial charge in [0, 0.05) is 5.69 Å². The molecule has 0 atom stereocenters. The summed E-state index contributed by atoms with van der Waals surface area (Å²) in [6.07, 6.45) is 1.29. The van der Waals surface area contributed by atoms with Gasteiger partial charge >= 0.3 is 12.0 Å². The van der Waals surface area contributed by atoms with E-state index in [0.29, 0.717) is 15.7 Å². The molecule has 1 aliphatic heterocycles. The molecule has 5 amide bonds. The van der Waals surface area contributed by atoms with Crippen molar-refractivity contribution in [3.05, 3.63) is 87.9 Å². The number of ether oxygens (including phenoxy) is 3. The number of nitrogens with zero attached hydrogens (tertiary/aromatic N) is 1. The molecule has 0 aliphatic carbocycles. The number of urea groups is 1. The summed E-state index contributed by atoms with van der Waals surface area (Å²) < 4.78 is 16.1. The fourth-order valence-corrected chi connectivity index (χ4v) is 4.32. The van der Waals surface area contributed by atoms with Crippen LogP contribution in [0.2, 0.25) is 0 Å². The summed E-state index contributed by atoms with van der Waals surface area (Å²) in [4.78, 5) is 63.1. The van der Waals surface area contributed by atoms with Crippen LogP contribution in [0.4, 0.5) is 16.2 Å². The van der Waals surface area contributed by atoms with Gasteiger partial charge in [0.2, 0.25) is 0 Å². The van der Waals surface area contributed by atoms with Gasteiger partial charge in [0.25, 0.3) is 17.7 Å². The number of amides is 5. The molecule has 1 saturated heterocycles. The molecule has 0 unspecified atom stereocenters. The molecule has 4 rings (SSSR count). The van der Waals surface area contributed by atoms with Crippen molar-refractivity contribution < 1.29 is 38.2 Å². The summed E-state index contributed by atoms with van der Waals surface area (Å²) in [6.45, 7) is -0.309. The van der Waals surface area contributed by atoms with E-state index in [1.165, 1.54) is 50.6 Å². The lowest BCUT2D eigenvalue weighted by Gasteiger charge is -2.26. The molecular weight excluding hydrogens is 586 g/mol. The summed E-state index contributed by atoms with van der Waals surface area (Å²) in [7, 11) is 2.63. The molecule has 0 radical (unpaired) electrons. The average molecular weight is 608 g/mol. The van der Waals surface area contributed by atoms with Crippen molar-refractivity contribution in [2.75, 3.05) is 31.0 Å². The zero-order valence-electron chi connectivity index (χ0n) is 21.2. The zero-order chi connectivity index (χ0) is 28.8. The minimum atomic E-state index is -0.936. The largest absolute Gasteiger partial charge is 0.493 e. The first-order valence-electron chi connectivity index (χ1n) is 11.7. The Morgan fingerprint density at radius 2 is 1.70 bits per heavy atom. The van der Waals surface area contributed by atoms with E-state index in [-0.39, 0.29) is 40.8 Å². The summed E-state index contributed by atoms with van der Waals surface area (Å²) in [5, 5.41) is 4.85. The fourth-order valence-electron chi connectivity index (χ4n) is 3.74. The maximum absolute atomic E-state index is 13.2. The van der Waals surface area contributed by atoms with Crippen LogP contribution >= 0.6 is 15.9 Å². The van der Waals surface area contributed by atoms with Gasteiger partial charge in [-0.25, -0.2) is 14.5 Å². The molecule has 0 saturated carbocycles. The molecule has 1 heterocycles. The SMILES string of the molecule is COC(=O)c1ccc(N2C(=O)NC(=O)/C(=C\c3cc(Br)c(OCC(=O)Nc4ccccc4)c(OC)c3)C2=O)cc1. The van der Waals surface area contributed by atoms with E-state index in [1.807, 2.05) is 6.07 Å². The molecule has 2 N–H and O–H groups in total. The first-order chi connectivity index (χ1) is 19.2. The second-order valence-electron chi connectivity index (χ2n) is 8.23. The predicted molar refractivity (Wildman–Crippen MR) is 148 cm³/mol. The summed E-state index contributed by atoms with van der Waals surface area (Å²) in [5.41, 5.74) is 1.04. The van der Waals surface area contributed by atoms with Crippen LogP contribution in [-0.2, 0) is 19.1 Å². The normalized spacial score (nSPS) is 14.0. The molecule has 3 aromatic carbocycles. The highest BCUT2D eigenvalue weighted by Gasteiger charge is 2.37. The molecule has 3 aromatic rings. The zero-order valence-corrected chi connectivity index (χ0v) is 22.8. The molecule has 12 heteroatoms. The first kappa shape index (κ1) is 28.0. The van der Waals surface area contributed by atoms with E-state index in [4.69, 9.17) is 9.47 Å². The molecule has 0 aromatic heterocycles. The number of methoxy groups -OCH3 is 2. The Kier molecular flexibility index (Phi) is 8.60. The fraction of sp³-hybridized carbons (Fsp3) is 0.107. The Hall–Kier alpha value is -4.97. The smallest absolute Gasteiger partial charge is 0.337 e. The molecule has 11 nitrogen and oxygen atoms in total. The van der Waals surface area contributed by atoms with Crippen LogP contribution in [-0.4, -0.2) is 50.5 Å². The van der Waals surface area contributed by atoms with E-state index in [2.05, 4.69) is 31.3 Å². The minimum absolute atomic E-state index is 0.143. The highest BCUT2D eigenvalue weighted by molar-refractivity contribution is 9.10. The highest BCUT2D eigenvalue weighted by atomic mass is 79.9. The Morgan fingerprint density at radius 3 is 2.35 bits per heavy atom. The van der Waals surface area contributed by atoms with E-state index in [1.54, 1.807) is 30.3 Å². The highest BCUT2D eigenvalue weighted by Crippen LogP contribution is 2.37. The van der Waals surface area contributed by atoms with E-state index < -0.39 is 23.8 Å². The number of halogens is 1. The molecule has 40 heavy (non-hydrogen) atoms. The second-order valence-corrected chi connectivity index (χ2v) is 9.09. The van der Waals surface area contributed by atoms with Gasteiger partial charge in [-0.15, -0.1) is 0 Å². The number of barbiturate groups is 1. The van der Waals surface area contributed by atoms with Crippen molar-refractivity contribution in [3.63, 3.8) is 0 Å². The van der Waals surface area contributed by atoms with Crippen molar-refractivity contribution in [2.45, 2.75) is 0 Å². The number of hydrogen-bond donors (Lipinski definition) is 2. The number of anilines is 2. The number of rotatable bonds is 8. The van der Waals surface area contributed by atoms with Crippen LogP contribution in [0.15, 0.2) is 76.8 Å². The Labute approximate surface area is 236 Å². The Morgan fingerprint density at radius 1 is 1.00 bits per heavy atom. The number of carbonyl (C=O) groups excluding carboxylic acids is 5. The van der Waals surface area contributed by atoms with Crippen LogP contribution in [0.1, 0.15) is 15.9 Å². The van der Waals surface area contributed by atoms with Gasteiger partial charge in [-0.05, 0) is 76.1 Å². The van der Waals surface area contributed by atoms with Gasteiger partial charge in [-0.2, -0.15) is 0 Å². The molecular formula is C28H22BrN3O8.